The Labute approximate surface area is 107 Å². The van der Waals surface area contributed by atoms with Gasteiger partial charge < -0.3 is 15.6 Å². The summed E-state index contributed by atoms with van der Waals surface area (Å²) in [5, 5.41) is 7.20. The van der Waals surface area contributed by atoms with Crippen molar-refractivity contribution in [3.63, 3.8) is 0 Å². The Hall–Kier alpha value is -1.81. The highest BCUT2D eigenvalue weighted by Gasteiger charge is 2.07. The lowest BCUT2D eigenvalue weighted by Gasteiger charge is -2.03. The number of hydrogen-bond donors (Lipinski definition) is 3. The molecule has 3 N–H and O–H groups in total. The van der Waals surface area contributed by atoms with E-state index in [1.165, 1.54) is 0 Å². The van der Waals surface area contributed by atoms with E-state index < -0.39 is 0 Å². The van der Waals surface area contributed by atoms with E-state index in [-0.39, 0.29) is 5.91 Å². The van der Waals surface area contributed by atoms with Crippen molar-refractivity contribution in [3.8, 4) is 0 Å². The Balaban J connectivity index is 1.88. The maximum Gasteiger partial charge on any atom is 0.267 e. The average Bonchev–Trinajstić information content (AvgIpc) is 2.82. The van der Waals surface area contributed by atoms with E-state index in [0.29, 0.717) is 12.2 Å². The monoisotopic (exact) mass is 245 g/mol. The maximum atomic E-state index is 11.9. The summed E-state index contributed by atoms with van der Waals surface area (Å²) in [6, 6.07) is 9.77. The minimum absolute atomic E-state index is 0.0392. The minimum atomic E-state index is -0.0392. The first-order valence-electron chi connectivity index (χ1n) is 6.38. The Morgan fingerprint density at radius 3 is 2.89 bits per heavy atom. The zero-order valence-corrected chi connectivity index (χ0v) is 10.6. The molecule has 1 heterocycles. The number of carbonyl (C=O) groups is 1. The highest BCUT2D eigenvalue weighted by atomic mass is 16.1. The van der Waals surface area contributed by atoms with Gasteiger partial charge in [0, 0.05) is 17.4 Å². The average molecular weight is 245 g/mol. The predicted molar refractivity (Wildman–Crippen MR) is 73.8 cm³/mol. The van der Waals surface area contributed by atoms with Gasteiger partial charge in [-0.05, 0) is 31.6 Å². The quantitative estimate of drug-likeness (QED) is 0.681. The van der Waals surface area contributed by atoms with Crippen molar-refractivity contribution < 1.29 is 4.79 Å². The van der Waals surface area contributed by atoms with Gasteiger partial charge in [-0.15, -0.1) is 0 Å². The van der Waals surface area contributed by atoms with Crippen LogP contribution in [-0.2, 0) is 0 Å². The second kappa shape index (κ2) is 6.21. The molecule has 0 saturated heterocycles. The molecule has 0 radical (unpaired) electrons. The Kier molecular flexibility index (Phi) is 4.36. The van der Waals surface area contributed by atoms with Crippen molar-refractivity contribution in [1.82, 2.24) is 15.6 Å². The molecule has 4 heteroatoms. The number of H-pyrrole nitrogens is 1. The van der Waals surface area contributed by atoms with Crippen LogP contribution < -0.4 is 10.6 Å². The van der Waals surface area contributed by atoms with Gasteiger partial charge in [0.1, 0.15) is 5.69 Å². The first kappa shape index (κ1) is 12.6. The molecule has 0 aliphatic rings. The molecule has 0 bridgehead atoms. The van der Waals surface area contributed by atoms with Gasteiger partial charge in [-0.25, -0.2) is 0 Å². The SMILES string of the molecule is CCNCCCNC(=O)c1cc2ccccc2[nH]1. The summed E-state index contributed by atoms with van der Waals surface area (Å²) < 4.78 is 0. The molecule has 2 rings (SSSR count). The molecule has 18 heavy (non-hydrogen) atoms. The Morgan fingerprint density at radius 2 is 2.11 bits per heavy atom. The largest absolute Gasteiger partial charge is 0.351 e. The summed E-state index contributed by atoms with van der Waals surface area (Å²) in [4.78, 5) is 15.0. The molecule has 96 valence electrons. The number of hydrogen-bond acceptors (Lipinski definition) is 2. The second-order valence-corrected chi connectivity index (χ2v) is 4.23. The van der Waals surface area contributed by atoms with E-state index in [0.717, 1.165) is 30.4 Å². The molecule has 1 amide bonds. The number of carbonyl (C=O) groups excluding carboxylic acids is 1. The van der Waals surface area contributed by atoms with E-state index >= 15 is 0 Å². The minimum Gasteiger partial charge on any atom is -0.351 e. The van der Waals surface area contributed by atoms with Crippen LogP contribution in [0.4, 0.5) is 0 Å². The van der Waals surface area contributed by atoms with Crippen molar-refractivity contribution in [1.29, 1.82) is 0 Å². The lowest BCUT2D eigenvalue weighted by molar-refractivity contribution is 0.0949. The van der Waals surface area contributed by atoms with Crippen molar-refractivity contribution in [2.45, 2.75) is 13.3 Å². The third-order valence-electron chi connectivity index (χ3n) is 2.84. The number of benzene rings is 1. The number of aromatic amines is 1. The number of para-hydroxylation sites is 1. The molecular formula is C14H19N3O. The first-order chi connectivity index (χ1) is 8.81. The van der Waals surface area contributed by atoms with Crippen molar-refractivity contribution in [2.24, 2.45) is 0 Å². The number of aromatic nitrogens is 1. The van der Waals surface area contributed by atoms with E-state index in [9.17, 15) is 4.79 Å². The van der Waals surface area contributed by atoms with Crippen LogP contribution in [0.25, 0.3) is 10.9 Å². The molecule has 0 unspecified atom stereocenters. The van der Waals surface area contributed by atoms with Gasteiger partial charge in [0.2, 0.25) is 0 Å². The van der Waals surface area contributed by atoms with Gasteiger partial charge in [0.05, 0.1) is 0 Å². The van der Waals surface area contributed by atoms with Gasteiger partial charge in [0.15, 0.2) is 0 Å². The van der Waals surface area contributed by atoms with Crippen molar-refractivity contribution in [2.75, 3.05) is 19.6 Å². The van der Waals surface area contributed by atoms with Crippen molar-refractivity contribution >= 4 is 16.8 Å². The van der Waals surface area contributed by atoms with Gasteiger partial charge in [0.25, 0.3) is 5.91 Å². The van der Waals surface area contributed by atoms with Crippen LogP contribution in [0.1, 0.15) is 23.8 Å². The smallest absolute Gasteiger partial charge is 0.267 e. The number of fused-ring (bicyclic) bond motifs is 1. The van der Waals surface area contributed by atoms with Crippen LogP contribution in [0.3, 0.4) is 0 Å². The summed E-state index contributed by atoms with van der Waals surface area (Å²) in [7, 11) is 0. The summed E-state index contributed by atoms with van der Waals surface area (Å²) in [5.41, 5.74) is 1.62. The fourth-order valence-corrected chi connectivity index (χ4v) is 1.88. The third-order valence-corrected chi connectivity index (χ3v) is 2.84. The predicted octanol–water partition coefficient (Wildman–Crippen LogP) is 1.90. The fraction of sp³-hybridized carbons (Fsp3) is 0.357. The fourth-order valence-electron chi connectivity index (χ4n) is 1.88. The molecule has 0 atom stereocenters. The molecule has 0 saturated carbocycles. The topological polar surface area (TPSA) is 56.9 Å². The second-order valence-electron chi connectivity index (χ2n) is 4.23. The third kappa shape index (κ3) is 3.11. The highest BCUT2D eigenvalue weighted by Crippen LogP contribution is 2.14. The van der Waals surface area contributed by atoms with Crippen LogP contribution in [0.2, 0.25) is 0 Å². The number of amides is 1. The van der Waals surface area contributed by atoms with E-state index in [4.69, 9.17) is 0 Å². The maximum absolute atomic E-state index is 11.9. The van der Waals surface area contributed by atoms with Gasteiger partial charge in [-0.2, -0.15) is 0 Å². The molecule has 0 aliphatic carbocycles. The lowest BCUT2D eigenvalue weighted by atomic mass is 10.2. The van der Waals surface area contributed by atoms with E-state index in [1.807, 2.05) is 30.3 Å². The van der Waals surface area contributed by atoms with Gasteiger partial charge >= 0.3 is 0 Å². The van der Waals surface area contributed by atoms with E-state index in [1.54, 1.807) is 0 Å². The van der Waals surface area contributed by atoms with Gasteiger partial charge in [-0.1, -0.05) is 25.1 Å². The van der Waals surface area contributed by atoms with Crippen LogP contribution in [-0.4, -0.2) is 30.5 Å². The van der Waals surface area contributed by atoms with Gasteiger partial charge in [-0.3, -0.25) is 4.79 Å². The summed E-state index contributed by atoms with van der Waals surface area (Å²) in [6.45, 7) is 4.67. The number of rotatable bonds is 6. The highest BCUT2D eigenvalue weighted by molar-refractivity contribution is 5.97. The molecule has 0 spiro atoms. The normalized spacial score (nSPS) is 10.7. The summed E-state index contributed by atoms with van der Waals surface area (Å²) in [6.07, 6.45) is 0.944. The molecule has 1 aromatic carbocycles. The molecule has 4 nitrogen and oxygen atoms in total. The van der Waals surface area contributed by atoms with Crippen LogP contribution >= 0.6 is 0 Å². The van der Waals surface area contributed by atoms with Crippen LogP contribution in [0.5, 0.6) is 0 Å². The zero-order chi connectivity index (χ0) is 12.8. The standard InChI is InChI=1S/C14H19N3O/c1-2-15-8-5-9-16-14(18)13-10-11-6-3-4-7-12(11)17-13/h3-4,6-7,10,15,17H,2,5,8-9H2,1H3,(H,16,18). The molecular weight excluding hydrogens is 226 g/mol. The van der Waals surface area contributed by atoms with Crippen LogP contribution in [0, 0.1) is 0 Å². The number of nitrogens with one attached hydrogen (secondary N) is 3. The first-order valence-corrected chi connectivity index (χ1v) is 6.38. The molecule has 2 aromatic rings. The molecule has 0 aliphatic heterocycles. The molecule has 0 fully saturated rings. The summed E-state index contributed by atoms with van der Waals surface area (Å²) >= 11 is 0. The van der Waals surface area contributed by atoms with Crippen molar-refractivity contribution in [3.05, 3.63) is 36.0 Å². The Bertz CT molecular complexity index is 485. The van der Waals surface area contributed by atoms with E-state index in [2.05, 4.69) is 22.5 Å². The summed E-state index contributed by atoms with van der Waals surface area (Å²) in [5.74, 6) is -0.0392. The zero-order valence-electron chi connectivity index (χ0n) is 10.6. The Morgan fingerprint density at radius 1 is 1.28 bits per heavy atom. The molecule has 1 aromatic heterocycles. The van der Waals surface area contributed by atoms with Crippen LogP contribution in [0.15, 0.2) is 30.3 Å². The lowest BCUT2D eigenvalue weighted by Crippen LogP contribution is -2.27.